The van der Waals surface area contributed by atoms with Crippen LogP contribution in [0.1, 0.15) is 26.3 Å². The van der Waals surface area contributed by atoms with Crippen LogP contribution in [0, 0.1) is 0 Å². The van der Waals surface area contributed by atoms with Crippen LogP contribution in [-0.4, -0.2) is 26.7 Å². The minimum Gasteiger partial charge on any atom is -0.490 e. The second-order valence-electron chi connectivity index (χ2n) is 5.81. The van der Waals surface area contributed by atoms with Gasteiger partial charge in [-0.3, -0.25) is 4.79 Å². The number of carbonyl (C=O) groups is 1. The molecule has 1 rings (SSSR count). The van der Waals surface area contributed by atoms with Gasteiger partial charge in [0.1, 0.15) is 12.4 Å². The van der Waals surface area contributed by atoms with Crippen LogP contribution >= 0.6 is 34.8 Å². The van der Waals surface area contributed by atoms with Crippen molar-refractivity contribution in [2.24, 2.45) is 0 Å². The zero-order valence-electron chi connectivity index (χ0n) is 12.9. The Bertz CT molecular complexity index is 533. The van der Waals surface area contributed by atoms with Crippen LogP contribution in [0.5, 0.6) is 5.75 Å². The maximum Gasteiger partial charge on any atom is 0.275 e. The predicted molar refractivity (Wildman–Crippen MR) is 92.7 cm³/mol. The summed E-state index contributed by atoms with van der Waals surface area (Å²) >= 11 is 17.3. The molecular formula is C16H20Cl3NO2. The molecule has 0 atom stereocenters. The van der Waals surface area contributed by atoms with Crippen molar-refractivity contribution < 1.29 is 9.53 Å². The molecule has 0 heterocycles. The molecule has 1 aromatic rings. The van der Waals surface area contributed by atoms with Gasteiger partial charge in [0.25, 0.3) is 9.70 Å². The number of carbonyl (C=O) groups excluding carboxylic acids is 1. The fraction of sp³-hybridized carbons (Fsp3) is 0.438. The fourth-order valence-corrected chi connectivity index (χ4v) is 2.14. The second kappa shape index (κ2) is 7.58. The highest BCUT2D eigenvalue weighted by molar-refractivity contribution is 6.76. The third-order valence-corrected chi connectivity index (χ3v) is 3.39. The predicted octanol–water partition coefficient (Wildman–Crippen LogP) is 4.75. The number of ether oxygens (including phenoxy) is 1. The van der Waals surface area contributed by atoms with Gasteiger partial charge >= 0.3 is 0 Å². The largest absolute Gasteiger partial charge is 0.490 e. The molecule has 0 aliphatic heterocycles. The summed E-state index contributed by atoms with van der Waals surface area (Å²) in [4.78, 5) is 13.9. The van der Waals surface area contributed by atoms with Crippen molar-refractivity contribution in [1.29, 1.82) is 0 Å². The Morgan fingerprint density at radius 3 is 2.45 bits per heavy atom. The first-order valence-corrected chi connectivity index (χ1v) is 7.90. The summed E-state index contributed by atoms with van der Waals surface area (Å²) in [6, 6.07) is 7.44. The zero-order valence-corrected chi connectivity index (χ0v) is 15.2. The summed E-state index contributed by atoms with van der Waals surface area (Å²) in [6.07, 6.45) is 1.67. The number of hydrogen-bond acceptors (Lipinski definition) is 2. The molecule has 0 bridgehead atoms. The third-order valence-electron chi connectivity index (χ3n) is 2.90. The van der Waals surface area contributed by atoms with Gasteiger partial charge in [-0.2, -0.15) is 0 Å². The number of rotatable bonds is 5. The highest BCUT2D eigenvalue weighted by Crippen LogP contribution is 2.32. The second-order valence-corrected chi connectivity index (χ2v) is 8.09. The monoisotopic (exact) mass is 363 g/mol. The van der Waals surface area contributed by atoms with E-state index in [4.69, 9.17) is 39.5 Å². The van der Waals surface area contributed by atoms with Gasteiger partial charge in [-0.25, -0.2) is 0 Å². The average Bonchev–Trinajstić information content (AvgIpc) is 2.40. The lowest BCUT2D eigenvalue weighted by Crippen LogP contribution is -2.49. The smallest absolute Gasteiger partial charge is 0.275 e. The van der Waals surface area contributed by atoms with Crippen LogP contribution in [-0.2, 0) is 11.3 Å². The Hall–Kier alpha value is -0.900. The molecule has 3 nitrogen and oxygen atoms in total. The van der Waals surface area contributed by atoms with E-state index in [2.05, 4.69) is 6.58 Å². The maximum atomic E-state index is 12.4. The standard InChI is InChI=1S/C16H20Cl3NO2/c1-5-9-22-13-8-6-7-12(10-13)11-20(15(2,3)4)14(21)16(17,18)19/h5-8,10H,1,9,11H2,2-4H3. The van der Waals surface area contributed by atoms with Gasteiger partial charge in [-0.15, -0.1) is 0 Å². The molecule has 0 saturated carbocycles. The maximum absolute atomic E-state index is 12.4. The van der Waals surface area contributed by atoms with Gasteiger partial charge in [0, 0.05) is 12.1 Å². The van der Waals surface area contributed by atoms with Gasteiger partial charge in [0.15, 0.2) is 0 Å². The van der Waals surface area contributed by atoms with Crippen LogP contribution in [0.2, 0.25) is 0 Å². The van der Waals surface area contributed by atoms with Crippen molar-refractivity contribution in [3.63, 3.8) is 0 Å². The SMILES string of the molecule is C=CCOc1cccc(CN(C(=O)C(Cl)(Cl)Cl)C(C)(C)C)c1. The molecule has 1 aromatic carbocycles. The van der Waals surface area contributed by atoms with E-state index in [0.717, 1.165) is 5.56 Å². The lowest BCUT2D eigenvalue weighted by Gasteiger charge is -2.37. The van der Waals surface area contributed by atoms with Crippen LogP contribution in [0.3, 0.4) is 0 Å². The fourth-order valence-electron chi connectivity index (χ4n) is 1.84. The van der Waals surface area contributed by atoms with Crippen molar-refractivity contribution in [2.45, 2.75) is 36.6 Å². The molecule has 0 aliphatic rings. The molecule has 0 saturated heterocycles. The van der Waals surface area contributed by atoms with E-state index in [0.29, 0.717) is 18.9 Å². The summed E-state index contributed by atoms with van der Waals surface area (Å²) in [5, 5.41) is 0. The zero-order chi connectivity index (χ0) is 17.0. The molecule has 0 N–H and O–H groups in total. The summed E-state index contributed by atoms with van der Waals surface area (Å²) in [5.74, 6) is 0.148. The number of nitrogens with zero attached hydrogens (tertiary/aromatic N) is 1. The Labute approximate surface area is 146 Å². The average molecular weight is 365 g/mol. The molecule has 0 fully saturated rings. The first-order valence-electron chi connectivity index (χ1n) is 6.77. The highest BCUT2D eigenvalue weighted by Gasteiger charge is 2.39. The first kappa shape index (κ1) is 19.1. The van der Waals surface area contributed by atoms with Crippen LogP contribution in [0.4, 0.5) is 0 Å². The number of alkyl halides is 3. The van der Waals surface area contributed by atoms with Gasteiger partial charge in [0.2, 0.25) is 0 Å². The van der Waals surface area contributed by atoms with E-state index < -0.39 is 15.2 Å². The molecule has 22 heavy (non-hydrogen) atoms. The van der Waals surface area contributed by atoms with E-state index >= 15 is 0 Å². The van der Waals surface area contributed by atoms with Crippen molar-refractivity contribution in [1.82, 2.24) is 4.90 Å². The van der Waals surface area contributed by atoms with Crippen LogP contribution < -0.4 is 4.74 Å². The van der Waals surface area contributed by atoms with Gasteiger partial charge in [-0.1, -0.05) is 59.6 Å². The minimum atomic E-state index is -1.98. The van der Waals surface area contributed by atoms with E-state index in [1.807, 2.05) is 45.0 Å². The third kappa shape index (κ3) is 5.71. The van der Waals surface area contributed by atoms with E-state index in [1.165, 1.54) is 4.90 Å². The molecule has 0 radical (unpaired) electrons. The Balaban J connectivity index is 3.00. The van der Waals surface area contributed by atoms with Crippen molar-refractivity contribution in [3.05, 3.63) is 42.5 Å². The quantitative estimate of drug-likeness (QED) is 0.557. The number of amides is 1. The molecular weight excluding hydrogens is 345 g/mol. The Kier molecular flexibility index (Phi) is 6.60. The molecule has 0 spiro atoms. The molecule has 0 unspecified atom stereocenters. The van der Waals surface area contributed by atoms with Gasteiger partial charge in [0.05, 0.1) is 0 Å². The summed E-state index contributed by atoms with van der Waals surface area (Å²) < 4.78 is 3.51. The molecule has 122 valence electrons. The molecule has 6 heteroatoms. The minimum absolute atomic E-state index is 0.321. The Morgan fingerprint density at radius 2 is 1.95 bits per heavy atom. The van der Waals surface area contributed by atoms with Crippen molar-refractivity contribution in [3.8, 4) is 5.75 Å². The van der Waals surface area contributed by atoms with E-state index in [-0.39, 0.29) is 0 Å². The summed E-state index contributed by atoms with van der Waals surface area (Å²) in [7, 11) is 0. The molecule has 1 amide bonds. The highest BCUT2D eigenvalue weighted by atomic mass is 35.6. The Morgan fingerprint density at radius 1 is 1.32 bits per heavy atom. The first-order chi connectivity index (χ1) is 10.1. The van der Waals surface area contributed by atoms with Crippen molar-refractivity contribution >= 4 is 40.7 Å². The van der Waals surface area contributed by atoms with Crippen molar-refractivity contribution in [2.75, 3.05) is 6.61 Å². The number of halogens is 3. The lowest BCUT2D eigenvalue weighted by atomic mass is 10.0. The van der Waals surface area contributed by atoms with Gasteiger partial charge in [-0.05, 0) is 38.5 Å². The van der Waals surface area contributed by atoms with E-state index in [1.54, 1.807) is 6.08 Å². The normalized spacial score (nSPS) is 11.9. The lowest BCUT2D eigenvalue weighted by molar-refractivity contribution is -0.135. The van der Waals surface area contributed by atoms with Crippen LogP contribution in [0.25, 0.3) is 0 Å². The molecule has 0 aromatic heterocycles. The number of hydrogen-bond donors (Lipinski definition) is 0. The summed E-state index contributed by atoms with van der Waals surface area (Å²) in [6.45, 7) is 10.0. The topological polar surface area (TPSA) is 29.5 Å². The number of benzene rings is 1. The van der Waals surface area contributed by atoms with Crippen LogP contribution in [0.15, 0.2) is 36.9 Å². The molecule has 0 aliphatic carbocycles. The van der Waals surface area contributed by atoms with E-state index in [9.17, 15) is 4.79 Å². The summed E-state index contributed by atoms with van der Waals surface area (Å²) in [5.41, 5.74) is 0.401. The van der Waals surface area contributed by atoms with Gasteiger partial charge < -0.3 is 9.64 Å².